The Morgan fingerprint density at radius 1 is 0.941 bits per heavy atom. The monoisotopic (exact) mass is 483 g/mol. The molecule has 0 aromatic heterocycles. The second kappa shape index (κ2) is 12.1. The molecule has 4 N–H and O–H groups in total. The molecule has 1 heterocycles. The van der Waals surface area contributed by atoms with Gasteiger partial charge in [0, 0.05) is 13.2 Å². The van der Waals surface area contributed by atoms with E-state index in [1.807, 2.05) is 0 Å². The van der Waals surface area contributed by atoms with Gasteiger partial charge in [0.15, 0.2) is 0 Å². The summed E-state index contributed by atoms with van der Waals surface area (Å²) in [5, 5.41) is 39.1. The van der Waals surface area contributed by atoms with Crippen molar-refractivity contribution in [3.05, 3.63) is 59.7 Å². The summed E-state index contributed by atoms with van der Waals surface area (Å²) in [5.41, 5.74) is 0.411. The van der Waals surface area contributed by atoms with Gasteiger partial charge in [-0.3, -0.25) is 4.90 Å². The third kappa shape index (κ3) is 6.78. The molecule has 0 aliphatic carbocycles. The van der Waals surface area contributed by atoms with Gasteiger partial charge in [-0.1, -0.05) is 42.5 Å². The largest absolute Gasteiger partial charge is 0.417 e. The van der Waals surface area contributed by atoms with Crippen LogP contribution < -0.4 is 0 Å². The van der Waals surface area contributed by atoms with Crippen molar-refractivity contribution >= 4 is 0 Å². The average Bonchev–Trinajstić information content (AvgIpc) is 2.82. The summed E-state index contributed by atoms with van der Waals surface area (Å²) >= 11 is 0. The molecule has 6 nitrogen and oxygen atoms in total. The summed E-state index contributed by atoms with van der Waals surface area (Å²) < 4.78 is 46.4. The fourth-order valence-electron chi connectivity index (χ4n) is 4.31. The van der Waals surface area contributed by atoms with E-state index in [1.54, 1.807) is 41.3 Å². The number of benzene rings is 2. The van der Waals surface area contributed by atoms with Gasteiger partial charge in [-0.2, -0.15) is 13.2 Å². The maximum Gasteiger partial charge on any atom is 0.417 e. The maximum absolute atomic E-state index is 13.6. The fourth-order valence-corrected chi connectivity index (χ4v) is 4.31. The molecule has 2 aromatic carbocycles. The van der Waals surface area contributed by atoms with Crippen LogP contribution in [0.4, 0.5) is 13.2 Å². The zero-order valence-electron chi connectivity index (χ0n) is 18.9. The maximum atomic E-state index is 13.6. The molecule has 1 fully saturated rings. The number of aliphatic hydroxyl groups is 4. The van der Waals surface area contributed by atoms with Crippen LogP contribution in [-0.2, 0) is 17.5 Å². The van der Waals surface area contributed by atoms with Crippen LogP contribution in [0.5, 0.6) is 0 Å². The number of nitrogens with zero attached hydrogens (tertiary/aromatic N) is 1. The molecule has 0 spiro atoms. The number of piperidine rings is 1. The van der Waals surface area contributed by atoms with Crippen LogP contribution in [0.2, 0.25) is 0 Å². The minimum absolute atomic E-state index is 0.0765. The highest BCUT2D eigenvalue weighted by molar-refractivity contribution is 5.68. The van der Waals surface area contributed by atoms with E-state index >= 15 is 0 Å². The molecule has 0 saturated carbocycles. The van der Waals surface area contributed by atoms with Crippen molar-refractivity contribution in [1.29, 1.82) is 0 Å². The van der Waals surface area contributed by atoms with Crippen LogP contribution >= 0.6 is 0 Å². The molecule has 0 radical (unpaired) electrons. The molecule has 9 heteroatoms. The van der Waals surface area contributed by atoms with Crippen LogP contribution in [0.25, 0.3) is 11.1 Å². The van der Waals surface area contributed by atoms with Crippen molar-refractivity contribution in [2.75, 3.05) is 26.3 Å². The molecule has 4 atom stereocenters. The molecule has 34 heavy (non-hydrogen) atoms. The van der Waals surface area contributed by atoms with Crippen molar-refractivity contribution < 1.29 is 38.3 Å². The molecule has 0 amide bonds. The Hall–Kier alpha value is -2.01. The molecular weight excluding hydrogens is 451 g/mol. The van der Waals surface area contributed by atoms with Crippen LogP contribution in [0, 0.1) is 0 Å². The molecule has 188 valence electrons. The van der Waals surface area contributed by atoms with Crippen molar-refractivity contribution in [3.8, 4) is 11.1 Å². The molecule has 2 aromatic rings. The first-order chi connectivity index (χ1) is 16.2. The molecule has 0 bridgehead atoms. The minimum Gasteiger partial charge on any atom is -0.395 e. The predicted octanol–water partition coefficient (Wildman–Crippen LogP) is 2.82. The number of rotatable bonds is 10. The molecule has 1 aliphatic heterocycles. The number of likely N-dealkylation sites (tertiary alicyclic amines) is 1. The molecule has 1 aliphatic rings. The van der Waals surface area contributed by atoms with E-state index in [-0.39, 0.29) is 25.3 Å². The SMILES string of the molecule is OC[C@H]1[C@@H](O)[C@H](O)[C@@H](O)CN1CCCCCOCc1ccc(-c2ccccc2)c(C(F)(F)F)c1. The smallest absolute Gasteiger partial charge is 0.395 e. The van der Waals surface area contributed by atoms with Gasteiger partial charge in [0.25, 0.3) is 0 Å². The van der Waals surface area contributed by atoms with Crippen LogP contribution in [-0.4, -0.2) is 76.0 Å². The number of aliphatic hydroxyl groups excluding tert-OH is 4. The van der Waals surface area contributed by atoms with Gasteiger partial charge in [0.05, 0.1) is 30.9 Å². The molecular formula is C25H32F3NO5. The highest BCUT2D eigenvalue weighted by Crippen LogP contribution is 2.37. The Kier molecular flexibility index (Phi) is 9.47. The third-order valence-electron chi connectivity index (χ3n) is 6.19. The van der Waals surface area contributed by atoms with Crippen molar-refractivity contribution in [3.63, 3.8) is 0 Å². The highest BCUT2D eigenvalue weighted by atomic mass is 19.4. The van der Waals surface area contributed by atoms with Gasteiger partial charge in [-0.15, -0.1) is 0 Å². The van der Waals surface area contributed by atoms with E-state index < -0.39 is 36.1 Å². The Morgan fingerprint density at radius 2 is 1.68 bits per heavy atom. The Morgan fingerprint density at radius 3 is 2.35 bits per heavy atom. The Bertz CT molecular complexity index is 896. The first-order valence-electron chi connectivity index (χ1n) is 11.4. The van der Waals surface area contributed by atoms with Crippen molar-refractivity contribution in [2.24, 2.45) is 0 Å². The van der Waals surface area contributed by atoms with E-state index in [2.05, 4.69) is 0 Å². The topological polar surface area (TPSA) is 93.4 Å². The standard InChI is InChI=1S/C25H32F3NO5/c26-25(27,28)20-13-17(9-10-19(20)18-7-3-1-4-8-18)16-34-12-6-2-5-11-29-14-22(31)24(33)23(32)21(29)15-30/h1,3-4,7-10,13,21-24,30-33H,2,5-6,11-12,14-16H2/t21-,22-,23+,24+/m0/s1. The normalized spacial score (nSPS) is 23.9. The number of unbranched alkanes of at least 4 members (excludes halogenated alkanes) is 2. The van der Waals surface area contributed by atoms with Gasteiger partial charge in [-0.25, -0.2) is 0 Å². The van der Waals surface area contributed by atoms with E-state index in [4.69, 9.17) is 4.74 Å². The molecule has 0 unspecified atom stereocenters. The van der Waals surface area contributed by atoms with Gasteiger partial charge in [0.2, 0.25) is 0 Å². The third-order valence-corrected chi connectivity index (χ3v) is 6.19. The van der Waals surface area contributed by atoms with Crippen LogP contribution in [0.1, 0.15) is 30.4 Å². The number of β-amino-alcohol motifs (C(OH)–C–C–N with tert-alkyl or cyclic N) is 1. The predicted molar refractivity (Wildman–Crippen MR) is 121 cm³/mol. The second-order valence-corrected chi connectivity index (χ2v) is 8.65. The van der Waals surface area contributed by atoms with E-state index in [1.165, 1.54) is 6.07 Å². The summed E-state index contributed by atoms with van der Waals surface area (Å²) in [4.78, 5) is 1.76. The first-order valence-corrected chi connectivity index (χ1v) is 11.4. The lowest BCUT2D eigenvalue weighted by Crippen LogP contribution is -2.62. The summed E-state index contributed by atoms with van der Waals surface area (Å²) in [6, 6.07) is 12.1. The lowest BCUT2D eigenvalue weighted by atomic mass is 9.94. The average molecular weight is 484 g/mol. The molecule has 1 saturated heterocycles. The van der Waals surface area contributed by atoms with Gasteiger partial charge in [0.1, 0.15) is 12.2 Å². The lowest BCUT2D eigenvalue weighted by Gasteiger charge is -2.43. The fraction of sp³-hybridized carbons (Fsp3) is 0.520. The summed E-state index contributed by atoms with van der Waals surface area (Å²) in [7, 11) is 0. The summed E-state index contributed by atoms with van der Waals surface area (Å²) in [6.45, 7) is 0.835. The number of hydrogen-bond acceptors (Lipinski definition) is 6. The van der Waals surface area contributed by atoms with E-state index in [0.717, 1.165) is 18.9 Å². The zero-order chi connectivity index (χ0) is 24.7. The Balaban J connectivity index is 1.44. The first kappa shape index (κ1) is 26.6. The Labute approximate surface area is 197 Å². The minimum atomic E-state index is -4.47. The molecule has 3 rings (SSSR count). The van der Waals surface area contributed by atoms with Gasteiger partial charge in [-0.05, 0) is 48.6 Å². The van der Waals surface area contributed by atoms with Crippen molar-refractivity contribution in [1.82, 2.24) is 4.90 Å². The van der Waals surface area contributed by atoms with E-state index in [0.29, 0.717) is 30.7 Å². The van der Waals surface area contributed by atoms with Crippen LogP contribution in [0.15, 0.2) is 48.5 Å². The number of halogens is 3. The van der Waals surface area contributed by atoms with Gasteiger partial charge >= 0.3 is 6.18 Å². The summed E-state index contributed by atoms with van der Waals surface area (Å²) in [5.74, 6) is 0. The highest BCUT2D eigenvalue weighted by Gasteiger charge is 2.40. The van der Waals surface area contributed by atoms with Crippen molar-refractivity contribution in [2.45, 2.75) is 56.4 Å². The quantitative estimate of drug-likeness (QED) is 0.389. The number of hydrogen-bond donors (Lipinski definition) is 4. The second-order valence-electron chi connectivity index (χ2n) is 8.65. The van der Waals surface area contributed by atoms with Gasteiger partial charge < -0.3 is 25.2 Å². The van der Waals surface area contributed by atoms with Crippen LogP contribution in [0.3, 0.4) is 0 Å². The zero-order valence-corrected chi connectivity index (χ0v) is 18.9. The van der Waals surface area contributed by atoms with E-state index in [9.17, 15) is 33.6 Å². The number of ether oxygens (including phenoxy) is 1. The number of alkyl halides is 3. The summed E-state index contributed by atoms with van der Waals surface area (Å²) in [6.07, 6.45) is -5.85. The lowest BCUT2D eigenvalue weighted by molar-refractivity contribution is -0.145.